The van der Waals surface area contributed by atoms with Gasteiger partial charge in [0.05, 0.1) is 18.9 Å². The summed E-state index contributed by atoms with van der Waals surface area (Å²) in [4.78, 5) is 15.1. The summed E-state index contributed by atoms with van der Waals surface area (Å²) in [5.41, 5.74) is 3.35. The van der Waals surface area contributed by atoms with E-state index in [0.29, 0.717) is 48.2 Å². The van der Waals surface area contributed by atoms with Crippen LogP contribution in [0.3, 0.4) is 0 Å². The molecule has 3 aromatic rings. The number of hydrogen-bond donors (Lipinski definition) is 1. The SMILES string of the molecule is [C-]#[N+]c1ccc2cc1OCCCN(C)c1nc(nc3c1CCC3c1ccc(F)cc1F)N2. The highest BCUT2D eigenvalue weighted by Gasteiger charge is 2.32. The maximum atomic E-state index is 14.6. The average Bonchev–Trinajstić information content (AvgIpc) is 3.19. The number of benzene rings is 2. The van der Waals surface area contributed by atoms with Gasteiger partial charge in [0.1, 0.15) is 23.2 Å². The Morgan fingerprint density at radius 2 is 2.06 bits per heavy atom. The van der Waals surface area contributed by atoms with E-state index in [1.807, 2.05) is 7.05 Å². The molecule has 1 aromatic heterocycles. The van der Waals surface area contributed by atoms with E-state index < -0.39 is 11.6 Å². The molecule has 2 aliphatic rings. The molecule has 0 amide bonds. The molecule has 5 rings (SSSR count). The molecule has 0 fully saturated rings. The van der Waals surface area contributed by atoms with Crippen LogP contribution in [0.25, 0.3) is 4.85 Å². The van der Waals surface area contributed by atoms with E-state index in [2.05, 4.69) is 15.1 Å². The summed E-state index contributed by atoms with van der Waals surface area (Å²) in [5, 5.41) is 3.21. The fourth-order valence-electron chi connectivity index (χ4n) is 4.42. The number of ether oxygens (including phenoxy) is 1. The standard InChI is InChI=1S/C24H21F2N5O/c1-27-20-9-5-15-13-21(20)32-11-3-10-31(2)23-18-8-7-17(22(18)29-24(28-15)30-23)16-6-4-14(25)12-19(16)26/h4-6,9,12-13,17H,3,7-8,10-11H2,2H3,(H,28,29,30). The van der Waals surface area contributed by atoms with E-state index in [0.717, 1.165) is 36.0 Å². The van der Waals surface area contributed by atoms with Crippen LogP contribution in [0.5, 0.6) is 5.75 Å². The fourth-order valence-corrected chi connectivity index (χ4v) is 4.42. The van der Waals surface area contributed by atoms with Crippen molar-refractivity contribution >= 4 is 23.1 Å². The summed E-state index contributed by atoms with van der Waals surface area (Å²) in [7, 11) is 1.97. The van der Waals surface area contributed by atoms with E-state index in [-0.39, 0.29) is 5.92 Å². The van der Waals surface area contributed by atoms with Gasteiger partial charge in [-0.05, 0) is 43.0 Å². The van der Waals surface area contributed by atoms with Crippen molar-refractivity contribution < 1.29 is 13.5 Å². The monoisotopic (exact) mass is 433 g/mol. The number of fused-ring (bicyclic) bond motifs is 6. The zero-order chi connectivity index (χ0) is 22.2. The molecule has 0 saturated carbocycles. The van der Waals surface area contributed by atoms with E-state index in [1.165, 1.54) is 12.1 Å². The van der Waals surface area contributed by atoms with Crippen LogP contribution in [0.4, 0.5) is 31.9 Å². The molecule has 0 saturated heterocycles. The van der Waals surface area contributed by atoms with Gasteiger partial charge in [-0.1, -0.05) is 12.1 Å². The van der Waals surface area contributed by atoms with E-state index >= 15 is 0 Å². The zero-order valence-electron chi connectivity index (χ0n) is 17.5. The van der Waals surface area contributed by atoms with Crippen molar-refractivity contribution in [3.8, 4) is 5.75 Å². The van der Waals surface area contributed by atoms with E-state index in [4.69, 9.17) is 21.3 Å². The van der Waals surface area contributed by atoms with Crippen LogP contribution in [0, 0.1) is 18.2 Å². The lowest BCUT2D eigenvalue weighted by Gasteiger charge is -2.23. The van der Waals surface area contributed by atoms with Crippen LogP contribution in [-0.4, -0.2) is 30.2 Å². The highest BCUT2D eigenvalue weighted by molar-refractivity contribution is 5.68. The van der Waals surface area contributed by atoms with Crippen molar-refractivity contribution in [3.63, 3.8) is 0 Å². The molecule has 32 heavy (non-hydrogen) atoms. The Labute approximate surface area is 184 Å². The van der Waals surface area contributed by atoms with Crippen LogP contribution in [-0.2, 0) is 6.42 Å². The van der Waals surface area contributed by atoms with Gasteiger partial charge in [0.15, 0.2) is 0 Å². The zero-order valence-corrected chi connectivity index (χ0v) is 17.5. The summed E-state index contributed by atoms with van der Waals surface area (Å²) in [5.74, 6) is 0.295. The Morgan fingerprint density at radius 3 is 2.88 bits per heavy atom. The third kappa shape index (κ3) is 3.60. The molecule has 1 aliphatic carbocycles. The van der Waals surface area contributed by atoms with Crippen LogP contribution < -0.4 is 15.0 Å². The van der Waals surface area contributed by atoms with Crippen molar-refractivity contribution in [3.05, 3.63) is 76.3 Å². The van der Waals surface area contributed by atoms with Crippen molar-refractivity contribution in [2.24, 2.45) is 0 Å². The molecule has 0 radical (unpaired) electrons. The fraction of sp³-hybridized carbons (Fsp3) is 0.292. The predicted octanol–water partition coefficient (Wildman–Crippen LogP) is 5.35. The summed E-state index contributed by atoms with van der Waals surface area (Å²) in [6.45, 7) is 8.53. The Balaban J connectivity index is 1.61. The first-order chi connectivity index (χ1) is 15.5. The smallest absolute Gasteiger partial charge is 0.229 e. The molecule has 1 aliphatic heterocycles. The minimum absolute atomic E-state index is 0.266. The summed E-state index contributed by atoms with van der Waals surface area (Å²) in [6.07, 6.45) is 2.15. The average molecular weight is 433 g/mol. The van der Waals surface area contributed by atoms with Crippen LogP contribution in [0.2, 0.25) is 0 Å². The Hall–Kier alpha value is -3.73. The van der Waals surface area contributed by atoms with Crippen molar-refractivity contribution in [1.82, 2.24) is 9.97 Å². The minimum Gasteiger partial charge on any atom is -0.504 e. The number of hydrogen-bond acceptors (Lipinski definition) is 5. The molecule has 2 heterocycles. The van der Waals surface area contributed by atoms with Crippen LogP contribution in [0.1, 0.15) is 35.6 Å². The topological polar surface area (TPSA) is 54.6 Å². The second-order valence-electron chi connectivity index (χ2n) is 8.03. The van der Waals surface area contributed by atoms with Crippen molar-refractivity contribution in [1.29, 1.82) is 0 Å². The van der Waals surface area contributed by atoms with E-state index in [9.17, 15) is 8.78 Å². The summed E-state index contributed by atoms with van der Waals surface area (Å²) < 4.78 is 33.9. The maximum Gasteiger partial charge on any atom is 0.229 e. The van der Waals surface area contributed by atoms with Gasteiger partial charge in [0, 0.05) is 36.8 Å². The minimum atomic E-state index is -0.592. The Morgan fingerprint density at radius 1 is 1.19 bits per heavy atom. The van der Waals surface area contributed by atoms with Gasteiger partial charge < -0.3 is 15.0 Å². The number of anilines is 3. The molecule has 0 spiro atoms. The van der Waals surface area contributed by atoms with Gasteiger partial charge in [-0.3, -0.25) is 0 Å². The van der Waals surface area contributed by atoms with Gasteiger partial charge in [-0.25, -0.2) is 18.6 Å². The first kappa shape index (κ1) is 20.2. The van der Waals surface area contributed by atoms with Gasteiger partial charge in [0.25, 0.3) is 0 Å². The van der Waals surface area contributed by atoms with Crippen molar-refractivity contribution in [2.45, 2.75) is 25.2 Å². The van der Waals surface area contributed by atoms with Gasteiger partial charge in [-0.2, -0.15) is 4.98 Å². The second kappa shape index (κ2) is 8.08. The van der Waals surface area contributed by atoms with Crippen LogP contribution >= 0.6 is 0 Å². The third-order valence-corrected chi connectivity index (χ3v) is 5.96. The first-order valence-electron chi connectivity index (χ1n) is 10.5. The normalized spacial score (nSPS) is 17.3. The number of nitrogens with one attached hydrogen (secondary N) is 1. The molecule has 162 valence electrons. The summed E-state index contributed by atoms with van der Waals surface area (Å²) in [6, 6.07) is 8.97. The molecule has 4 bridgehead atoms. The number of rotatable bonds is 1. The molecule has 1 atom stereocenters. The van der Waals surface area contributed by atoms with Crippen molar-refractivity contribution in [2.75, 3.05) is 30.4 Å². The number of aromatic nitrogens is 2. The molecule has 6 nitrogen and oxygen atoms in total. The van der Waals surface area contributed by atoms with Crippen LogP contribution in [0.15, 0.2) is 36.4 Å². The third-order valence-electron chi connectivity index (χ3n) is 5.96. The van der Waals surface area contributed by atoms with Gasteiger partial charge in [-0.15, -0.1) is 0 Å². The highest BCUT2D eigenvalue weighted by atomic mass is 19.1. The second-order valence-corrected chi connectivity index (χ2v) is 8.03. The van der Waals surface area contributed by atoms with E-state index in [1.54, 1.807) is 18.2 Å². The lowest BCUT2D eigenvalue weighted by molar-refractivity contribution is 0.314. The first-order valence-corrected chi connectivity index (χ1v) is 10.5. The molecule has 1 N–H and O–H groups in total. The number of nitrogens with zero attached hydrogens (tertiary/aromatic N) is 4. The Kier molecular flexibility index (Phi) is 5.10. The largest absolute Gasteiger partial charge is 0.504 e. The molecule has 1 unspecified atom stereocenters. The lowest BCUT2D eigenvalue weighted by atomic mass is 9.96. The van der Waals surface area contributed by atoms with Gasteiger partial charge in [0.2, 0.25) is 11.6 Å². The summed E-state index contributed by atoms with van der Waals surface area (Å²) >= 11 is 0. The molecule has 2 aromatic carbocycles. The predicted molar refractivity (Wildman–Crippen MR) is 118 cm³/mol. The quantitative estimate of drug-likeness (QED) is 0.525. The lowest BCUT2D eigenvalue weighted by Crippen LogP contribution is -2.24. The molecular weight excluding hydrogens is 412 g/mol. The Bertz CT molecular complexity index is 1240. The maximum absolute atomic E-state index is 14.6. The molecular formula is C24H21F2N5O. The molecule has 8 heteroatoms. The highest BCUT2D eigenvalue weighted by Crippen LogP contribution is 2.42. The number of halogens is 2. The van der Waals surface area contributed by atoms with Gasteiger partial charge >= 0.3 is 0 Å².